The number of rotatable bonds is 14. The Bertz CT molecular complexity index is 6590. The van der Waals surface area contributed by atoms with Gasteiger partial charge in [0.2, 0.25) is 0 Å². The standard InChI is InChI=1S/2C53H34N4/c54-35-36-24-30-46-47-31-29-42(34-49(47)53(48(46)32-36,44-20-9-3-10-21-44)45-22-11-4-12-23-45)38-25-27-40(28-26-38)51-55-50(39-16-7-2-8-17-39)56-52(57-51)43-19-13-18-41(33-43)37-14-5-1-6-15-37;54-35-36-21-31-46-47-32-30-43(34-49(47)53(48(46)33-36,44-17-9-3-10-18-44)45-19-11-4-12-20-45)39-24-28-42(29-25-39)52-56-50(40-15-7-2-8-16-40)55-51(57-52)41-26-22-38(23-27-41)37-13-5-1-6-14-37/h2*1-34H. The second kappa shape index (κ2) is 29.8. The highest BCUT2D eigenvalue weighted by molar-refractivity contribution is 5.91. The van der Waals surface area contributed by atoms with Crippen LogP contribution in [0.2, 0.25) is 0 Å². The third-order valence-corrected chi connectivity index (χ3v) is 22.1. The molecule has 8 nitrogen and oxygen atoms in total. The first kappa shape index (κ1) is 69.0. The molecule has 0 bridgehead atoms. The van der Waals surface area contributed by atoms with E-state index in [1.165, 1.54) is 22.3 Å². The Kier molecular flexibility index (Phi) is 18.1. The van der Waals surface area contributed by atoms with Gasteiger partial charge >= 0.3 is 0 Å². The van der Waals surface area contributed by atoms with Crippen molar-refractivity contribution < 1.29 is 0 Å². The topological polar surface area (TPSA) is 125 Å². The number of benzene rings is 16. The molecule has 20 rings (SSSR count). The van der Waals surface area contributed by atoms with Crippen LogP contribution in [-0.2, 0) is 10.8 Å². The van der Waals surface area contributed by atoms with Gasteiger partial charge in [-0.25, -0.2) is 29.9 Å². The molecule has 0 saturated heterocycles. The first-order valence-electron chi connectivity index (χ1n) is 38.2. The lowest BCUT2D eigenvalue weighted by molar-refractivity contribution is 0.768. The summed E-state index contributed by atoms with van der Waals surface area (Å²) in [5.41, 5.74) is 28.4. The van der Waals surface area contributed by atoms with Crippen molar-refractivity contribution in [1.82, 2.24) is 29.9 Å². The van der Waals surface area contributed by atoms with Gasteiger partial charge in [0.1, 0.15) is 0 Å². The summed E-state index contributed by atoms with van der Waals surface area (Å²) >= 11 is 0. The molecule has 18 aromatic rings. The van der Waals surface area contributed by atoms with Crippen molar-refractivity contribution in [2.24, 2.45) is 0 Å². The number of aromatic nitrogens is 6. The summed E-state index contributed by atoms with van der Waals surface area (Å²) in [6.45, 7) is 0. The van der Waals surface area contributed by atoms with Crippen LogP contribution in [0.15, 0.2) is 413 Å². The molecule has 0 saturated carbocycles. The summed E-state index contributed by atoms with van der Waals surface area (Å²) in [6, 6.07) is 148. The summed E-state index contributed by atoms with van der Waals surface area (Å²) in [5.74, 6) is 3.72. The van der Waals surface area contributed by atoms with Crippen molar-refractivity contribution in [3.8, 4) is 147 Å². The molecular weight excluding hydrogens is 1390 g/mol. The minimum atomic E-state index is -0.608. The highest BCUT2D eigenvalue weighted by Gasteiger charge is 2.48. The number of hydrogen-bond donors (Lipinski definition) is 0. The van der Waals surface area contributed by atoms with Gasteiger partial charge in [-0.15, -0.1) is 0 Å². The first-order chi connectivity index (χ1) is 56.4. The summed E-state index contributed by atoms with van der Waals surface area (Å²) < 4.78 is 0. The van der Waals surface area contributed by atoms with Crippen LogP contribution in [-0.4, -0.2) is 29.9 Å². The smallest absolute Gasteiger partial charge is 0.164 e. The van der Waals surface area contributed by atoms with Gasteiger partial charge in [0, 0.05) is 33.4 Å². The van der Waals surface area contributed by atoms with Crippen molar-refractivity contribution >= 4 is 0 Å². The molecule has 2 aliphatic rings. The Balaban J connectivity index is 0.000000153. The average molecular weight is 1450 g/mol. The van der Waals surface area contributed by atoms with Crippen LogP contribution >= 0.6 is 0 Å². The molecule has 0 atom stereocenters. The molecule has 2 aromatic heterocycles. The van der Waals surface area contributed by atoms with Gasteiger partial charge in [-0.1, -0.05) is 370 Å². The van der Waals surface area contributed by atoms with Crippen molar-refractivity contribution in [1.29, 1.82) is 10.5 Å². The number of nitrogens with zero attached hydrogens (tertiary/aromatic N) is 8. The predicted molar refractivity (Wildman–Crippen MR) is 458 cm³/mol. The van der Waals surface area contributed by atoms with E-state index in [1.807, 2.05) is 84.9 Å². The minimum absolute atomic E-state index is 0.607. The van der Waals surface area contributed by atoms with E-state index >= 15 is 0 Å². The highest BCUT2D eigenvalue weighted by Crippen LogP contribution is 2.59. The molecule has 8 heteroatoms. The number of hydrogen-bond acceptors (Lipinski definition) is 8. The van der Waals surface area contributed by atoms with Crippen LogP contribution in [0.1, 0.15) is 55.6 Å². The van der Waals surface area contributed by atoms with Crippen molar-refractivity contribution in [3.63, 3.8) is 0 Å². The van der Waals surface area contributed by atoms with E-state index < -0.39 is 10.8 Å². The third-order valence-electron chi connectivity index (χ3n) is 22.1. The summed E-state index contributed by atoms with van der Waals surface area (Å²) in [4.78, 5) is 30.0. The minimum Gasteiger partial charge on any atom is -0.208 e. The zero-order valence-corrected chi connectivity index (χ0v) is 61.8. The Morgan fingerprint density at radius 2 is 0.368 bits per heavy atom. The molecule has 16 aromatic carbocycles. The van der Waals surface area contributed by atoms with E-state index in [9.17, 15) is 10.5 Å². The summed E-state index contributed by atoms with van der Waals surface area (Å²) in [6.07, 6.45) is 0. The van der Waals surface area contributed by atoms with Gasteiger partial charge in [-0.2, -0.15) is 10.5 Å². The Morgan fingerprint density at radius 1 is 0.167 bits per heavy atom. The molecular formula is C106H68N8. The maximum Gasteiger partial charge on any atom is 0.164 e. The van der Waals surface area contributed by atoms with Crippen molar-refractivity contribution in [3.05, 3.63) is 468 Å². The van der Waals surface area contributed by atoms with Crippen LogP contribution in [0.25, 0.3) is 135 Å². The average Bonchev–Trinajstić information content (AvgIpc) is 1.53. The van der Waals surface area contributed by atoms with Crippen LogP contribution in [0, 0.1) is 22.7 Å². The van der Waals surface area contributed by atoms with Crippen molar-refractivity contribution in [2.45, 2.75) is 10.8 Å². The van der Waals surface area contributed by atoms with Crippen molar-refractivity contribution in [2.75, 3.05) is 0 Å². The molecule has 532 valence electrons. The van der Waals surface area contributed by atoms with Crippen LogP contribution in [0.5, 0.6) is 0 Å². The molecule has 0 amide bonds. The molecule has 0 N–H and O–H groups in total. The van der Waals surface area contributed by atoms with Crippen LogP contribution in [0.4, 0.5) is 0 Å². The largest absolute Gasteiger partial charge is 0.208 e. The number of fused-ring (bicyclic) bond motifs is 6. The van der Waals surface area contributed by atoms with Gasteiger partial charge < -0.3 is 0 Å². The van der Waals surface area contributed by atoms with Gasteiger partial charge in [0.05, 0.1) is 34.1 Å². The van der Waals surface area contributed by atoms with E-state index in [4.69, 9.17) is 29.9 Å². The summed E-state index contributed by atoms with van der Waals surface area (Å²) in [7, 11) is 0. The van der Waals surface area contributed by atoms with Gasteiger partial charge in [0.15, 0.2) is 34.9 Å². The Labute approximate surface area is 662 Å². The zero-order valence-electron chi connectivity index (χ0n) is 61.8. The predicted octanol–water partition coefficient (Wildman–Crippen LogP) is 24.9. The maximum absolute atomic E-state index is 10.0. The normalized spacial score (nSPS) is 12.3. The van der Waals surface area contributed by atoms with E-state index in [0.717, 1.165) is 122 Å². The lowest BCUT2D eigenvalue weighted by atomic mass is 9.67. The summed E-state index contributed by atoms with van der Waals surface area (Å²) in [5, 5.41) is 20.1. The van der Waals surface area contributed by atoms with Crippen LogP contribution < -0.4 is 0 Å². The molecule has 114 heavy (non-hydrogen) atoms. The second-order valence-corrected chi connectivity index (χ2v) is 28.6. The molecule has 2 heterocycles. The second-order valence-electron chi connectivity index (χ2n) is 28.6. The first-order valence-corrected chi connectivity index (χ1v) is 38.2. The lowest BCUT2D eigenvalue weighted by Crippen LogP contribution is -2.28. The number of nitriles is 2. The Hall–Kier alpha value is -15.5. The highest BCUT2D eigenvalue weighted by atomic mass is 15.0. The van der Waals surface area contributed by atoms with Crippen LogP contribution in [0.3, 0.4) is 0 Å². The quantitative estimate of drug-likeness (QED) is 0.105. The monoisotopic (exact) mass is 1450 g/mol. The van der Waals surface area contributed by atoms with E-state index in [0.29, 0.717) is 46.1 Å². The van der Waals surface area contributed by atoms with E-state index in [1.54, 1.807) is 0 Å². The van der Waals surface area contributed by atoms with Gasteiger partial charge in [-0.05, 0) is 154 Å². The van der Waals surface area contributed by atoms with Gasteiger partial charge in [0.25, 0.3) is 0 Å². The third kappa shape index (κ3) is 12.6. The fourth-order valence-corrected chi connectivity index (χ4v) is 16.7. The van der Waals surface area contributed by atoms with E-state index in [2.05, 4.69) is 340 Å². The Morgan fingerprint density at radius 3 is 0.684 bits per heavy atom. The molecule has 0 unspecified atom stereocenters. The lowest BCUT2D eigenvalue weighted by Gasteiger charge is -2.34. The fraction of sp³-hybridized carbons (Fsp3) is 0.0189. The zero-order chi connectivity index (χ0) is 76.4. The maximum atomic E-state index is 10.0. The molecule has 2 aliphatic carbocycles. The van der Waals surface area contributed by atoms with Gasteiger partial charge in [-0.3, -0.25) is 0 Å². The molecule has 0 radical (unpaired) electrons. The molecule has 0 fully saturated rings. The fourth-order valence-electron chi connectivity index (χ4n) is 16.7. The molecule has 0 aliphatic heterocycles. The van der Waals surface area contributed by atoms with E-state index in [-0.39, 0.29) is 0 Å². The molecule has 0 spiro atoms. The SMILES string of the molecule is N#Cc1ccc2c(c1)C(c1ccccc1)(c1ccccc1)c1cc(-c3ccc(-c4nc(-c5ccccc5)nc(-c5ccc(-c6ccccc6)cc5)n4)cc3)ccc1-2.N#Cc1ccc2c(c1)C(c1ccccc1)(c1ccccc1)c1cc(-c3ccc(-c4nc(-c5ccccc5)nc(-c5cccc(-c6ccccc6)c5)n4)cc3)ccc1-2.